The normalized spacial score (nSPS) is 11.3. The maximum Gasteiger partial charge on any atom is 0.0762 e. The van der Waals surface area contributed by atoms with Crippen molar-refractivity contribution in [1.82, 2.24) is 20.1 Å². The van der Waals surface area contributed by atoms with E-state index < -0.39 is 0 Å². The van der Waals surface area contributed by atoms with Crippen molar-refractivity contribution in [3.05, 3.63) is 52.4 Å². The van der Waals surface area contributed by atoms with Crippen LogP contribution in [0.2, 0.25) is 0 Å². The van der Waals surface area contributed by atoms with Crippen molar-refractivity contribution in [1.29, 1.82) is 0 Å². The van der Waals surface area contributed by atoms with E-state index in [9.17, 15) is 0 Å². The predicted molar refractivity (Wildman–Crippen MR) is 84.7 cm³/mol. The van der Waals surface area contributed by atoms with E-state index in [0.29, 0.717) is 0 Å². The van der Waals surface area contributed by atoms with Crippen molar-refractivity contribution in [2.24, 2.45) is 0 Å². The second-order valence-corrected chi connectivity index (χ2v) is 5.76. The number of aryl methyl sites for hydroxylation is 1. The zero-order valence-corrected chi connectivity index (χ0v) is 12.9. The number of nitrogens with one attached hydrogen (secondary N) is 2. The topological polar surface area (TPSA) is 45.6 Å². The highest BCUT2D eigenvalue weighted by atomic mass is 79.9. The van der Waals surface area contributed by atoms with Gasteiger partial charge in [0.05, 0.1) is 5.69 Å². The molecule has 2 aromatic heterocycles. The minimum absolute atomic E-state index is 0.799. The summed E-state index contributed by atoms with van der Waals surface area (Å²) in [5.41, 5.74) is 3.42. The molecular weight excluding hydrogens is 316 g/mol. The average Bonchev–Trinajstić information content (AvgIpc) is 3.02. The van der Waals surface area contributed by atoms with Crippen LogP contribution in [0.1, 0.15) is 11.4 Å². The zero-order valence-electron chi connectivity index (χ0n) is 11.4. The Balaban J connectivity index is 1.59. The Kier molecular flexibility index (Phi) is 3.89. The molecule has 0 unspecified atom stereocenters. The Morgan fingerprint density at radius 3 is 3.05 bits per heavy atom. The highest BCUT2D eigenvalue weighted by molar-refractivity contribution is 9.10. The van der Waals surface area contributed by atoms with E-state index in [2.05, 4.69) is 72.5 Å². The van der Waals surface area contributed by atoms with Gasteiger partial charge >= 0.3 is 0 Å². The number of nitrogens with zero attached hydrogens (tertiary/aromatic N) is 2. The van der Waals surface area contributed by atoms with Gasteiger partial charge in [0, 0.05) is 46.9 Å². The molecule has 0 atom stereocenters. The third-order valence-electron chi connectivity index (χ3n) is 3.36. The number of fused-ring (bicyclic) bond motifs is 1. The van der Waals surface area contributed by atoms with E-state index >= 15 is 0 Å². The molecule has 104 valence electrons. The lowest BCUT2D eigenvalue weighted by Crippen LogP contribution is -2.19. The average molecular weight is 333 g/mol. The molecule has 0 aliphatic heterocycles. The Morgan fingerprint density at radius 1 is 1.35 bits per heavy atom. The molecule has 0 fully saturated rings. The summed E-state index contributed by atoms with van der Waals surface area (Å²) in [6.07, 6.45) is 2.13. The Bertz CT molecular complexity index is 714. The van der Waals surface area contributed by atoms with Crippen molar-refractivity contribution >= 4 is 26.8 Å². The molecule has 0 radical (unpaired) electrons. The fraction of sp³-hybridized carbons (Fsp3) is 0.267. The predicted octanol–water partition coefficient (Wildman–Crippen LogP) is 3.23. The second kappa shape index (κ2) is 5.81. The molecule has 0 amide bonds. The monoisotopic (exact) mass is 332 g/mol. The minimum Gasteiger partial charge on any atom is -0.346 e. The Labute approximate surface area is 126 Å². The van der Waals surface area contributed by atoms with Gasteiger partial charge in [0.1, 0.15) is 0 Å². The lowest BCUT2D eigenvalue weighted by Gasteiger charge is -2.06. The fourth-order valence-electron chi connectivity index (χ4n) is 2.36. The van der Waals surface area contributed by atoms with Gasteiger partial charge in [-0.2, -0.15) is 5.10 Å². The zero-order chi connectivity index (χ0) is 13.9. The van der Waals surface area contributed by atoms with Gasteiger partial charge in [-0.3, -0.25) is 5.10 Å². The summed E-state index contributed by atoms with van der Waals surface area (Å²) in [5.74, 6) is 0. The molecule has 2 heterocycles. The summed E-state index contributed by atoms with van der Waals surface area (Å²) >= 11 is 3.58. The summed E-state index contributed by atoms with van der Waals surface area (Å²) < 4.78 is 3.41. The summed E-state index contributed by atoms with van der Waals surface area (Å²) in [4.78, 5) is 0. The van der Waals surface area contributed by atoms with Crippen LogP contribution in [0.15, 0.2) is 41.0 Å². The van der Waals surface area contributed by atoms with Gasteiger partial charge in [-0.25, -0.2) is 0 Å². The number of aromatic amines is 1. The van der Waals surface area contributed by atoms with Crippen LogP contribution < -0.4 is 5.32 Å². The largest absolute Gasteiger partial charge is 0.346 e. The van der Waals surface area contributed by atoms with Crippen molar-refractivity contribution in [2.75, 3.05) is 6.54 Å². The Morgan fingerprint density at radius 2 is 2.25 bits per heavy atom. The number of aromatic nitrogens is 3. The molecule has 1 aromatic carbocycles. The van der Waals surface area contributed by atoms with Crippen LogP contribution in [0.4, 0.5) is 0 Å². The van der Waals surface area contributed by atoms with Gasteiger partial charge in [-0.05, 0) is 31.2 Å². The van der Waals surface area contributed by atoms with Crippen molar-refractivity contribution < 1.29 is 0 Å². The van der Waals surface area contributed by atoms with Gasteiger partial charge in [0.15, 0.2) is 0 Å². The molecule has 3 rings (SSSR count). The maximum atomic E-state index is 4.21. The second-order valence-electron chi connectivity index (χ2n) is 4.90. The molecule has 0 bridgehead atoms. The van der Waals surface area contributed by atoms with Crippen LogP contribution in [-0.4, -0.2) is 21.3 Å². The Hall–Kier alpha value is -1.59. The van der Waals surface area contributed by atoms with Crippen LogP contribution in [0.3, 0.4) is 0 Å². The lowest BCUT2D eigenvalue weighted by atomic mass is 10.2. The van der Waals surface area contributed by atoms with Gasteiger partial charge in [0.2, 0.25) is 0 Å². The maximum absolute atomic E-state index is 4.21. The number of hydrogen-bond donors (Lipinski definition) is 2. The lowest BCUT2D eigenvalue weighted by molar-refractivity contribution is 0.602. The third kappa shape index (κ3) is 2.78. The molecule has 5 heteroatoms. The minimum atomic E-state index is 0.799. The molecule has 0 spiro atoms. The molecule has 20 heavy (non-hydrogen) atoms. The molecule has 0 saturated carbocycles. The van der Waals surface area contributed by atoms with Gasteiger partial charge < -0.3 is 9.88 Å². The van der Waals surface area contributed by atoms with Crippen LogP contribution in [0.25, 0.3) is 10.9 Å². The number of benzene rings is 1. The highest BCUT2D eigenvalue weighted by Crippen LogP contribution is 2.24. The standard InChI is InChI=1S/C15H17BrN4/c1-11-9-12(19-18-11)10-17-6-8-20-7-5-13-14(16)3-2-4-15(13)20/h2-5,7,9,17H,6,8,10H2,1H3,(H,18,19). The summed E-state index contributed by atoms with van der Waals surface area (Å²) in [6.45, 7) is 4.68. The first kappa shape index (κ1) is 13.4. The van der Waals surface area contributed by atoms with Crippen LogP contribution >= 0.6 is 15.9 Å². The molecule has 0 aliphatic rings. The number of rotatable bonds is 5. The fourth-order valence-corrected chi connectivity index (χ4v) is 2.85. The molecule has 2 N–H and O–H groups in total. The van der Waals surface area contributed by atoms with E-state index in [1.807, 2.05) is 6.92 Å². The van der Waals surface area contributed by atoms with Gasteiger partial charge in [0.25, 0.3) is 0 Å². The van der Waals surface area contributed by atoms with E-state index in [1.54, 1.807) is 0 Å². The summed E-state index contributed by atoms with van der Waals surface area (Å²) in [6, 6.07) is 10.5. The summed E-state index contributed by atoms with van der Waals surface area (Å²) in [7, 11) is 0. The van der Waals surface area contributed by atoms with Crippen LogP contribution in [-0.2, 0) is 13.1 Å². The molecule has 0 aliphatic carbocycles. The van der Waals surface area contributed by atoms with E-state index in [0.717, 1.165) is 35.5 Å². The van der Waals surface area contributed by atoms with E-state index in [1.165, 1.54) is 10.9 Å². The molecular formula is C15H17BrN4. The number of halogens is 1. The SMILES string of the molecule is Cc1cc(CNCCn2ccc3c(Br)cccc32)n[nH]1. The van der Waals surface area contributed by atoms with Gasteiger partial charge in [-0.1, -0.05) is 22.0 Å². The first-order valence-electron chi connectivity index (χ1n) is 6.69. The number of H-pyrrole nitrogens is 1. The first-order chi connectivity index (χ1) is 9.74. The number of hydrogen-bond acceptors (Lipinski definition) is 2. The molecule has 4 nitrogen and oxygen atoms in total. The van der Waals surface area contributed by atoms with E-state index in [4.69, 9.17) is 0 Å². The van der Waals surface area contributed by atoms with Crippen LogP contribution in [0, 0.1) is 6.92 Å². The third-order valence-corrected chi connectivity index (χ3v) is 4.05. The molecule has 3 aromatic rings. The smallest absolute Gasteiger partial charge is 0.0762 e. The first-order valence-corrected chi connectivity index (χ1v) is 7.48. The highest BCUT2D eigenvalue weighted by Gasteiger charge is 2.03. The van der Waals surface area contributed by atoms with Crippen molar-refractivity contribution in [2.45, 2.75) is 20.0 Å². The van der Waals surface area contributed by atoms with Crippen molar-refractivity contribution in [3.8, 4) is 0 Å². The van der Waals surface area contributed by atoms with Crippen molar-refractivity contribution in [3.63, 3.8) is 0 Å². The quantitative estimate of drug-likeness (QED) is 0.704. The van der Waals surface area contributed by atoms with Crippen LogP contribution in [0.5, 0.6) is 0 Å². The van der Waals surface area contributed by atoms with Gasteiger partial charge in [-0.15, -0.1) is 0 Å². The summed E-state index contributed by atoms with van der Waals surface area (Å²) in [5, 5.41) is 11.8. The molecule has 0 saturated heterocycles. The van der Waals surface area contributed by atoms with E-state index in [-0.39, 0.29) is 0 Å².